The molecule has 1 rings (SSSR count). The van der Waals surface area contributed by atoms with E-state index < -0.39 is 15.9 Å². The first-order chi connectivity index (χ1) is 7.45. The highest BCUT2D eigenvalue weighted by Gasteiger charge is 2.18. The molecule has 0 saturated carbocycles. The lowest BCUT2D eigenvalue weighted by molar-refractivity contribution is 0.197. The second-order valence-electron chi connectivity index (χ2n) is 3.45. The van der Waals surface area contributed by atoms with Crippen LogP contribution in [0.15, 0.2) is 33.6 Å². The van der Waals surface area contributed by atoms with E-state index in [1.807, 2.05) is 0 Å². The first kappa shape index (κ1) is 13.6. The topological polar surface area (TPSA) is 66.4 Å². The summed E-state index contributed by atoms with van der Waals surface area (Å²) < 4.78 is 24.5. The second kappa shape index (κ2) is 5.77. The maximum atomic E-state index is 11.8. The van der Waals surface area contributed by atoms with Gasteiger partial charge in [0, 0.05) is 11.0 Å². The second-order valence-corrected chi connectivity index (χ2v) is 6.40. The van der Waals surface area contributed by atoms with Gasteiger partial charge in [-0.15, -0.1) is 0 Å². The minimum Gasteiger partial charge on any atom is -0.391 e. The number of halogens is 1. The molecule has 1 aromatic rings. The number of aliphatic hydroxyl groups excluding tert-OH is 1. The molecule has 0 aliphatic rings. The number of rotatable bonds is 5. The van der Waals surface area contributed by atoms with Crippen LogP contribution in [0, 0.1) is 0 Å². The number of aliphatic hydroxyl groups is 1. The summed E-state index contributed by atoms with van der Waals surface area (Å²) in [5, 5.41) is 12.2. The summed E-state index contributed by atoms with van der Waals surface area (Å²) in [4.78, 5) is 0.228. The van der Waals surface area contributed by atoms with Crippen molar-refractivity contribution in [2.75, 3.05) is 19.3 Å². The zero-order chi connectivity index (χ0) is 12.2. The van der Waals surface area contributed by atoms with Gasteiger partial charge in [0.2, 0.25) is 0 Å². The Labute approximate surface area is 104 Å². The summed E-state index contributed by atoms with van der Waals surface area (Å²) in [7, 11) is -1.75. The molecule has 0 radical (unpaired) electrons. The summed E-state index contributed by atoms with van der Waals surface area (Å²) in [6.45, 7) is 0.260. The molecule has 0 fully saturated rings. The first-order valence-corrected chi connectivity index (χ1v) is 7.21. The molecule has 1 unspecified atom stereocenters. The van der Waals surface area contributed by atoms with E-state index in [4.69, 9.17) is 0 Å². The van der Waals surface area contributed by atoms with E-state index in [2.05, 4.69) is 21.2 Å². The molecule has 90 valence electrons. The highest BCUT2D eigenvalue weighted by atomic mass is 79.9. The molecule has 1 atom stereocenters. The van der Waals surface area contributed by atoms with E-state index in [0.29, 0.717) is 0 Å². The van der Waals surface area contributed by atoms with Crippen molar-refractivity contribution in [1.29, 1.82) is 0 Å². The Morgan fingerprint density at radius 3 is 2.44 bits per heavy atom. The third-order valence-corrected chi connectivity index (χ3v) is 4.37. The summed E-state index contributed by atoms with van der Waals surface area (Å²) in [5.74, 6) is -0.268. The zero-order valence-corrected chi connectivity index (χ0v) is 11.3. The largest absolute Gasteiger partial charge is 0.391 e. The van der Waals surface area contributed by atoms with Gasteiger partial charge in [-0.25, -0.2) is 8.42 Å². The van der Waals surface area contributed by atoms with Crippen molar-refractivity contribution < 1.29 is 13.5 Å². The van der Waals surface area contributed by atoms with Crippen molar-refractivity contribution in [2.45, 2.75) is 11.0 Å². The van der Waals surface area contributed by atoms with Crippen LogP contribution in [-0.2, 0) is 9.84 Å². The van der Waals surface area contributed by atoms with E-state index in [1.54, 1.807) is 19.2 Å². The third kappa shape index (κ3) is 3.86. The van der Waals surface area contributed by atoms with E-state index in [0.717, 1.165) is 4.47 Å². The summed E-state index contributed by atoms with van der Waals surface area (Å²) in [6, 6.07) is 6.37. The Bertz CT molecular complexity index is 430. The highest BCUT2D eigenvalue weighted by molar-refractivity contribution is 9.10. The Hall–Kier alpha value is -0.430. The highest BCUT2D eigenvalue weighted by Crippen LogP contribution is 2.16. The molecule has 0 aliphatic heterocycles. The van der Waals surface area contributed by atoms with Gasteiger partial charge < -0.3 is 10.4 Å². The molecule has 2 N–H and O–H groups in total. The fraction of sp³-hybridized carbons (Fsp3) is 0.400. The lowest BCUT2D eigenvalue weighted by atomic mass is 10.4. The van der Waals surface area contributed by atoms with Crippen molar-refractivity contribution in [3.05, 3.63) is 28.7 Å². The van der Waals surface area contributed by atoms with Crippen LogP contribution in [0.25, 0.3) is 0 Å². The molecule has 16 heavy (non-hydrogen) atoms. The number of likely N-dealkylation sites (N-methyl/N-ethyl adjacent to an activating group) is 1. The van der Waals surface area contributed by atoms with E-state index in [1.165, 1.54) is 12.1 Å². The predicted octanol–water partition coefficient (Wildman–Crippen LogP) is 0.803. The smallest absolute Gasteiger partial charge is 0.180 e. The molecule has 0 aliphatic carbocycles. The van der Waals surface area contributed by atoms with Crippen molar-refractivity contribution in [2.24, 2.45) is 0 Å². The van der Waals surface area contributed by atoms with Crippen LogP contribution in [0.1, 0.15) is 0 Å². The van der Waals surface area contributed by atoms with Gasteiger partial charge in [0.1, 0.15) is 0 Å². The fourth-order valence-corrected chi connectivity index (χ4v) is 2.92. The fourth-order valence-electron chi connectivity index (χ4n) is 1.29. The van der Waals surface area contributed by atoms with Gasteiger partial charge in [-0.05, 0) is 31.3 Å². The summed E-state index contributed by atoms with van der Waals surface area (Å²) >= 11 is 3.23. The Morgan fingerprint density at radius 2 is 1.94 bits per heavy atom. The van der Waals surface area contributed by atoms with E-state index in [9.17, 15) is 13.5 Å². The molecule has 0 heterocycles. The minimum atomic E-state index is -3.41. The molecule has 0 spiro atoms. The monoisotopic (exact) mass is 307 g/mol. The molecule has 0 bridgehead atoms. The van der Waals surface area contributed by atoms with Crippen LogP contribution in [0.2, 0.25) is 0 Å². The normalized spacial score (nSPS) is 13.7. The standard InChI is InChI=1S/C10H14BrNO3S/c1-12-6-9(13)7-16(14,15)10-4-2-8(11)3-5-10/h2-5,9,12-13H,6-7H2,1H3. The van der Waals surface area contributed by atoms with Gasteiger partial charge in [-0.1, -0.05) is 15.9 Å². The van der Waals surface area contributed by atoms with Gasteiger partial charge in [-0.2, -0.15) is 0 Å². The maximum Gasteiger partial charge on any atom is 0.180 e. The molecule has 0 aromatic heterocycles. The SMILES string of the molecule is CNCC(O)CS(=O)(=O)c1ccc(Br)cc1. The van der Waals surface area contributed by atoms with Gasteiger partial charge in [0.15, 0.2) is 9.84 Å². The third-order valence-electron chi connectivity index (χ3n) is 2.02. The lowest BCUT2D eigenvalue weighted by Crippen LogP contribution is -2.30. The van der Waals surface area contributed by atoms with E-state index in [-0.39, 0.29) is 17.2 Å². The van der Waals surface area contributed by atoms with Crippen LogP contribution in [0.5, 0.6) is 0 Å². The van der Waals surface area contributed by atoms with Crippen LogP contribution in [0.4, 0.5) is 0 Å². The average Bonchev–Trinajstić information content (AvgIpc) is 2.17. The number of nitrogens with one attached hydrogen (secondary N) is 1. The summed E-state index contributed by atoms with van der Waals surface area (Å²) in [6.07, 6.45) is -0.890. The molecule has 1 aromatic carbocycles. The van der Waals surface area contributed by atoms with Crippen LogP contribution < -0.4 is 5.32 Å². The number of hydrogen-bond acceptors (Lipinski definition) is 4. The van der Waals surface area contributed by atoms with Crippen LogP contribution in [0.3, 0.4) is 0 Å². The van der Waals surface area contributed by atoms with Crippen LogP contribution in [-0.4, -0.2) is 39.0 Å². The average molecular weight is 308 g/mol. The molecule has 0 amide bonds. The molecular formula is C10H14BrNO3S. The minimum absolute atomic E-state index is 0.228. The van der Waals surface area contributed by atoms with Gasteiger partial charge in [-0.3, -0.25) is 0 Å². The lowest BCUT2D eigenvalue weighted by Gasteiger charge is -2.10. The van der Waals surface area contributed by atoms with Gasteiger partial charge in [0.05, 0.1) is 16.8 Å². The van der Waals surface area contributed by atoms with Crippen molar-refractivity contribution in [3.8, 4) is 0 Å². The van der Waals surface area contributed by atoms with E-state index >= 15 is 0 Å². The molecule has 4 nitrogen and oxygen atoms in total. The van der Waals surface area contributed by atoms with Crippen molar-refractivity contribution in [1.82, 2.24) is 5.32 Å². The molecule has 0 saturated heterocycles. The van der Waals surface area contributed by atoms with Gasteiger partial charge in [0.25, 0.3) is 0 Å². The van der Waals surface area contributed by atoms with Crippen molar-refractivity contribution in [3.63, 3.8) is 0 Å². The Morgan fingerprint density at radius 1 is 1.38 bits per heavy atom. The maximum absolute atomic E-state index is 11.8. The Balaban J connectivity index is 2.82. The first-order valence-electron chi connectivity index (χ1n) is 4.76. The molecular weight excluding hydrogens is 294 g/mol. The predicted molar refractivity (Wildman–Crippen MR) is 66.1 cm³/mol. The van der Waals surface area contributed by atoms with Crippen LogP contribution >= 0.6 is 15.9 Å². The number of benzene rings is 1. The quantitative estimate of drug-likeness (QED) is 0.844. The summed E-state index contributed by atoms with van der Waals surface area (Å²) in [5.41, 5.74) is 0. The number of hydrogen-bond donors (Lipinski definition) is 2. The zero-order valence-electron chi connectivity index (χ0n) is 8.85. The number of sulfone groups is 1. The van der Waals surface area contributed by atoms with Gasteiger partial charge >= 0.3 is 0 Å². The van der Waals surface area contributed by atoms with Crippen molar-refractivity contribution >= 4 is 25.8 Å². The Kier molecular flexibility index (Phi) is 4.91. The molecule has 6 heteroatoms.